The fraction of sp³-hybridized carbons (Fsp3) is 0.500. The molecule has 9 heteroatoms. The molecule has 1 aromatic rings. The minimum Gasteiger partial charge on any atom is -0.489 e. The number of aliphatic imine (C=N–C) groups is 1. The highest BCUT2D eigenvalue weighted by atomic mass is 127. The zero-order chi connectivity index (χ0) is 18.8. The highest BCUT2D eigenvalue weighted by Crippen LogP contribution is 2.18. The number of nitrogens with zero attached hydrogens (tertiary/aromatic N) is 2. The topological polar surface area (TPSA) is 83.0 Å². The number of para-hydroxylation sites is 1. The van der Waals surface area contributed by atoms with E-state index in [-0.39, 0.29) is 29.7 Å². The molecule has 0 atom stereocenters. The van der Waals surface area contributed by atoms with Crippen LogP contribution >= 0.6 is 24.0 Å². The summed E-state index contributed by atoms with van der Waals surface area (Å²) in [6.45, 7) is 8.85. The Hall–Kier alpha value is -1.33. The number of halogens is 1. The molecule has 152 valence electrons. The van der Waals surface area contributed by atoms with E-state index in [9.17, 15) is 8.42 Å². The highest BCUT2D eigenvalue weighted by Gasteiger charge is 2.27. The lowest BCUT2D eigenvalue weighted by molar-refractivity contribution is 0.359. The largest absolute Gasteiger partial charge is 0.489 e. The van der Waals surface area contributed by atoms with Gasteiger partial charge in [0.15, 0.2) is 5.96 Å². The van der Waals surface area contributed by atoms with Crippen LogP contribution in [0.5, 0.6) is 5.75 Å². The molecule has 0 unspecified atom stereocenters. The Kier molecular flexibility index (Phi) is 10.7. The van der Waals surface area contributed by atoms with E-state index in [2.05, 4.69) is 22.2 Å². The molecule has 2 rings (SSSR count). The lowest BCUT2D eigenvalue weighted by atomic mass is 10.2. The number of guanidine groups is 1. The summed E-state index contributed by atoms with van der Waals surface area (Å²) >= 11 is 0. The Labute approximate surface area is 179 Å². The molecule has 27 heavy (non-hydrogen) atoms. The Morgan fingerprint density at radius 3 is 2.81 bits per heavy atom. The quantitative estimate of drug-likeness (QED) is 0.231. The summed E-state index contributed by atoms with van der Waals surface area (Å²) in [5.74, 6) is 1.70. The molecule has 0 radical (unpaired) electrons. The van der Waals surface area contributed by atoms with Crippen LogP contribution in [0, 0.1) is 0 Å². The molecular formula is C18H29IN4O3S. The summed E-state index contributed by atoms with van der Waals surface area (Å²) < 4.78 is 30.8. The van der Waals surface area contributed by atoms with Gasteiger partial charge in [0, 0.05) is 31.7 Å². The summed E-state index contributed by atoms with van der Waals surface area (Å²) in [4.78, 5) is 4.57. The fourth-order valence-corrected chi connectivity index (χ4v) is 4.20. The van der Waals surface area contributed by atoms with Crippen molar-refractivity contribution in [3.63, 3.8) is 0 Å². The molecule has 0 aromatic heterocycles. The molecule has 2 N–H and O–H groups in total. The van der Waals surface area contributed by atoms with Crippen molar-refractivity contribution < 1.29 is 13.2 Å². The van der Waals surface area contributed by atoms with Crippen molar-refractivity contribution >= 4 is 40.0 Å². The average Bonchev–Trinajstić information content (AvgIpc) is 2.97. The van der Waals surface area contributed by atoms with Crippen molar-refractivity contribution in [3.05, 3.63) is 42.5 Å². The van der Waals surface area contributed by atoms with Gasteiger partial charge in [-0.3, -0.25) is 0 Å². The van der Waals surface area contributed by atoms with Crippen LogP contribution in [0.3, 0.4) is 0 Å². The molecular weight excluding hydrogens is 479 g/mol. The molecule has 1 aliphatic rings. The minimum atomic E-state index is -3.06. The van der Waals surface area contributed by atoms with E-state index in [1.165, 1.54) is 4.31 Å². The van der Waals surface area contributed by atoms with Crippen LogP contribution in [0.4, 0.5) is 0 Å². The number of sulfonamides is 1. The standard InChI is InChI=1S/C18H28N4O3S.HI/c1-3-13-25-17-9-6-5-8-16(17)15-21-18(19-4-2)20-10-12-22-11-7-14-26(22,23)24;/h3,5-6,8-9H,1,4,7,10-15H2,2H3,(H2,19,20,21);1H. The number of nitrogens with one attached hydrogen (secondary N) is 2. The number of hydrogen-bond acceptors (Lipinski definition) is 4. The average molecular weight is 508 g/mol. The van der Waals surface area contributed by atoms with Gasteiger partial charge in [-0.15, -0.1) is 24.0 Å². The highest BCUT2D eigenvalue weighted by molar-refractivity contribution is 14.0. The molecule has 1 heterocycles. The van der Waals surface area contributed by atoms with Gasteiger partial charge in [0.2, 0.25) is 10.0 Å². The van der Waals surface area contributed by atoms with Crippen molar-refractivity contribution in [1.82, 2.24) is 14.9 Å². The van der Waals surface area contributed by atoms with Crippen molar-refractivity contribution in [3.8, 4) is 5.75 Å². The first-order valence-corrected chi connectivity index (χ1v) is 10.5. The molecule has 0 bridgehead atoms. The second-order valence-corrected chi connectivity index (χ2v) is 7.99. The summed E-state index contributed by atoms with van der Waals surface area (Å²) in [5, 5.41) is 6.37. The Morgan fingerprint density at radius 2 is 2.15 bits per heavy atom. The summed E-state index contributed by atoms with van der Waals surface area (Å²) in [6, 6.07) is 7.75. The van der Waals surface area contributed by atoms with Gasteiger partial charge in [0.05, 0.1) is 12.3 Å². The predicted octanol–water partition coefficient (Wildman–Crippen LogP) is 1.96. The lowest BCUT2D eigenvalue weighted by Gasteiger charge is -2.16. The molecule has 1 aliphatic heterocycles. The van der Waals surface area contributed by atoms with E-state index in [1.54, 1.807) is 6.08 Å². The van der Waals surface area contributed by atoms with Gasteiger partial charge < -0.3 is 15.4 Å². The monoisotopic (exact) mass is 508 g/mol. The van der Waals surface area contributed by atoms with Gasteiger partial charge >= 0.3 is 0 Å². The lowest BCUT2D eigenvalue weighted by Crippen LogP contribution is -2.42. The van der Waals surface area contributed by atoms with Crippen molar-refractivity contribution in [2.24, 2.45) is 4.99 Å². The summed E-state index contributed by atoms with van der Waals surface area (Å²) in [6.07, 6.45) is 2.41. The van der Waals surface area contributed by atoms with E-state index in [0.717, 1.165) is 17.9 Å². The van der Waals surface area contributed by atoms with E-state index < -0.39 is 10.0 Å². The van der Waals surface area contributed by atoms with Gasteiger partial charge in [-0.1, -0.05) is 30.9 Å². The van der Waals surface area contributed by atoms with E-state index >= 15 is 0 Å². The third kappa shape index (κ3) is 7.67. The Bertz CT molecular complexity index is 725. The van der Waals surface area contributed by atoms with Crippen LogP contribution in [0.2, 0.25) is 0 Å². The van der Waals surface area contributed by atoms with Crippen LogP contribution in [0.1, 0.15) is 18.9 Å². The van der Waals surface area contributed by atoms with Crippen molar-refractivity contribution in [1.29, 1.82) is 0 Å². The van der Waals surface area contributed by atoms with E-state index in [4.69, 9.17) is 4.74 Å². The third-order valence-electron chi connectivity index (χ3n) is 3.94. The second kappa shape index (κ2) is 12.2. The van der Waals surface area contributed by atoms with Crippen LogP contribution in [0.15, 0.2) is 41.9 Å². The van der Waals surface area contributed by atoms with E-state index in [0.29, 0.717) is 45.2 Å². The smallest absolute Gasteiger partial charge is 0.214 e. The number of hydrogen-bond donors (Lipinski definition) is 2. The first kappa shape index (κ1) is 23.7. The first-order valence-electron chi connectivity index (χ1n) is 8.88. The third-order valence-corrected chi connectivity index (χ3v) is 5.89. The molecule has 1 saturated heterocycles. The molecule has 0 aliphatic carbocycles. The van der Waals surface area contributed by atoms with Gasteiger partial charge in [0.1, 0.15) is 12.4 Å². The summed E-state index contributed by atoms with van der Waals surface area (Å²) in [5.41, 5.74) is 0.980. The Morgan fingerprint density at radius 1 is 1.37 bits per heavy atom. The molecule has 0 saturated carbocycles. The van der Waals surface area contributed by atoms with Crippen LogP contribution in [-0.2, 0) is 16.6 Å². The molecule has 1 aromatic carbocycles. The van der Waals surface area contributed by atoms with Gasteiger partial charge in [-0.05, 0) is 19.4 Å². The second-order valence-electron chi connectivity index (χ2n) is 5.90. The molecule has 1 fully saturated rings. The molecule has 7 nitrogen and oxygen atoms in total. The normalized spacial score (nSPS) is 16.4. The maximum Gasteiger partial charge on any atom is 0.214 e. The van der Waals surface area contributed by atoms with Crippen LogP contribution in [0.25, 0.3) is 0 Å². The summed E-state index contributed by atoms with van der Waals surface area (Å²) in [7, 11) is -3.06. The fourth-order valence-electron chi connectivity index (χ4n) is 2.67. The molecule has 0 spiro atoms. The zero-order valence-corrected chi connectivity index (χ0v) is 18.8. The van der Waals surface area contributed by atoms with Crippen molar-refractivity contribution in [2.75, 3.05) is 38.5 Å². The van der Waals surface area contributed by atoms with Gasteiger partial charge in [0.25, 0.3) is 0 Å². The van der Waals surface area contributed by atoms with Crippen LogP contribution < -0.4 is 15.4 Å². The van der Waals surface area contributed by atoms with Crippen LogP contribution in [-0.4, -0.2) is 57.2 Å². The zero-order valence-electron chi connectivity index (χ0n) is 15.7. The number of ether oxygens (including phenoxy) is 1. The first-order chi connectivity index (χ1) is 12.6. The molecule has 0 amide bonds. The predicted molar refractivity (Wildman–Crippen MR) is 120 cm³/mol. The number of rotatable bonds is 9. The van der Waals surface area contributed by atoms with E-state index in [1.807, 2.05) is 31.2 Å². The number of benzene rings is 1. The minimum absolute atomic E-state index is 0. The maximum absolute atomic E-state index is 11.8. The Balaban J connectivity index is 0.00000364. The van der Waals surface area contributed by atoms with Gasteiger partial charge in [-0.25, -0.2) is 17.7 Å². The maximum atomic E-state index is 11.8. The van der Waals surface area contributed by atoms with Crippen molar-refractivity contribution in [2.45, 2.75) is 19.9 Å². The van der Waals surface area contributed by atoms with Gasteiger partial charge in [-0.2, -0.15) is 0 Å². The SMILES string of the molecule is C=CCOc1ccccc1CN=C(NCC)NCCN1CCCS1(=O)=O.I.